The van der Waals surface area contributed by atoms with E-state index >= 15 is 0 Å². The zero-order chi connectivity index (χ0) is 20.8. The molecule has 31 heavy (non-hydrogen) atoms. The minimum Gasteiger partial charge on any atom is -0.361 e. The number of aromatic amines is 2. The SMILES string of the molecule is CCNC(=NCc1cccc(-c2ncn[nH]2)c1)NCCc1c[nH]c2c(C)cccc12.I. The lowest BCUT2D eigenvalue weighted by atomic mass is 10.1. The van der Waals surface area contributed by atoms with E-state index in [9.17, 15) is 0 Å². The Balaban J connectivity index is 0.00000272. The predicted molar refractivity (Wildman–Crippen MR) is 137 cm³/mol. The maximum Gasteiger partial charge on any atom is 0.191 e. The van der Waals surface area contributed by atoms with Gasteiger partial charge in [0.15, 0.2) is 11.8 Å². The second-order valence-electron chi connectivity index (χ2n) is 7.22. The molecule has 0 aliphatic heterocycles. The Bertz CT molecular complexity index is 1130. The fourth-order valence-electron chi connectivity index (χ4n) is 3.56. The summed E-state index contributed by atoms with van der Waals surface area (Å²) >= 11 is 0. The molecule has 0 atom stereocenters. The first kappa shape index (κ1) is 22.8. The summed E-state index contributed by atoms with van der Waals surface area (Å²) in [6, 6.07) is 14.6. The summed E-state index contributed by atoms with van der Waals surface area (Å²) in [5, 5.41) is 14.9. The van der Waals surface area contributed by atoms with E-state index in [0.717, 1.165) is 42.4 Å². The maximum atomic E-state index is 4.74. The second-order valence-corrected chi connectivity index (χ2v) is 7.22. The first-order valence-electron chi connectivity index (χ1n) is 10.3. The third-order valence-electron chi connectivity index (χ3n) is 5.08. The number of H-pyrrole nitrogens is 2. The van der Waals surface area contributed by atoms with Crippen LogP contribution in [0.4, 0.5) is 0 Å². The molecule has 0 unspecified atom stereocenters. The van der Waals surface area contributed by atoms with Crippen LogP contribution in [0.15, 0.2) is 60.0 Å². The Morgan fingerprint density at radius 2 is 2.00 bits per heavy atom. The second kappa shape index (κ2) is 10.9. The molecule has 4 aromatic rings. The van der Waals surface area contributed by atoms with E-state index in [1.165, 1.54) is 28.4 Å². The van der Waals surface area contributed by atoms with Crippen molar-refractivity contribution < 1.29 is 0 Å². The number of nitrogens with zero attached hydrogens (tertiary/aromatic N) is 3. The Hall–Kier alpha value is -2.88. The van der Waals surface area contributed by atoms with Crippen molar-refractivity contribution in [1.29, 1.82) is 0 Å². The van der Waals surface area contributed by atoms with Crippen molar-refractivity contribution in [2.45, 2.75) is 26.8 Å². The van der Waals surface area contributed by atoms with Crippen molar-refractivity contribution in [2.24, 2.45) is 4.99 Å². The zero-order valence-electron chi connectivity index (χ0n) is 17.8. The summed E-state index contributed by atoms with van der Waals surface area (Å²) in [6.45, 7) is 6.42. The molecule has 2 aromatic heterocycles. The minimum atomic E-state index is 0. The lowest BCUT2D eigenvalue weighted by Gasteiger charge is -2.11. The molecule has 0 saturated heterocycles. The number of rotatable bonds is 7. The molecule has 162 valence electrons. The molecule has 0 bridgehead atoms. The predicted octanol–water partition coefficient (Wildman–Crippen LogP) is 4.18. The van der Waals surface area contributed by atoms with Crippen LogP contribution in [0.2, 0.25) is 0 Å². The van der Waals surface area contributed by atoms with Crippen molar-refractivity contribution >= 4 is 40.8 Å². The number of aryl methyl sites for hydroxylation is 1. The van der Waals surface area contributed by atoms with Gasteiger partial charge in [0.1, 0.15) is 6.33 Å². The van der Waals surface area contributed by atoms with E-state index < -0.39 is 0 Å². The molecule has 7 nitrogen and oxygen atoms in total. The normalized spacial score (nSPS) is 11.4. The van der Waals surface area contributed by atoms with E-state index in [4.69, 9.17) is 4.99 Å². The Morgan fingerprint density at radius 3 is 2.81 bits per heavy atom. The third kappa shape index (κ3) is 5.63. The number of aliphatic imine (C=N–C) groups is 1. The van der Waals surface area contributed by atoms with Gasteiger partial charge in [-0.25, -0.2) is 9.98 Å². The van der Waals surface area contributed by atoms with Gasteiger partial charge in [-0.15, -0.1) is 24.0 Å². The van der Waals surface area contributed by atoms with Crippen LogP contribution in [-0.4, -0.2) is 39.2 Å². The summed E-state index contributed by atoms with van der Waals surface area (Å²) in [5.74, 6) is 1.58. The summed E-state index contributed by atoms with van der Waals surface area (Å²) < 4.78 is 0. The van der Waals surface area contributed by atoms with E-state index in [1.807, 2.05) is 12.1 Å². The van der Waals surface area contributed by atoms with E-state index in [0.29, 0.717) is 6.54 Å². The smallest absolute Gasteiger partial charge is 0.191 e. The van der Waals surface area contributed by atoms with Crippen LogP contribution in [0.1, 0.15) is 23.6 Å². The number of aromatic nitrogens is 4. The average Bonchev–Trinajstić information content (AvgIpc) is 3.43. The van der Waals surface area contributed by atoms with Gasteiger partial charge in [-0.2, -0.15) is 5.10 Å². The molecule has 0 amide bonds. The summed E-state index contributed by atoms with van der Waals surface area (Å²) in [5.41, 5.74) is 5.94. The van der Waals surface area contributed by atoms with Gasteiger partial charge in [-0.3, -0.25) is 5.10 Å². The average molecular weight is 529 g/mol. The highest BCUT2D eigenvalue weighted by molar-refractivity contribution is 14.0. The number of hydrogen-bond donors (Lipinski definition) is 4. The Labute approximate surface area is 199 Å². The van der Waals surface area contributed by atoms with Gasteiger partial charge in [0, 0.05) is 35.8 Å². The first-order chi connectivity index (χ1) is 14.7. The highest BCUT2D eigenvalue weighted by atomic mass is 127. The third-order valence-corrected chi connectivity index (χ3v) is 5.08. The van der Waals surface area contributed by atoms with Crippen molar-refractivity contribution in [3.63, 3.8) is 0 Å². The Kier molecular flexibility index (Phi) is 8.05. The monoisotopic (exact) mass is 529 g/mol. The molecule has 0 aliphatic rings. The number of guanidine groups is 1. The molecule has 8 heteroatoms. The topological polar surface area (TPSA) is 93.8 Å². The van der Waals surface area contributed by atoms with Gasteiger partial charge in [0.25, 0.3) is 0 Å². The summed E-state index contributed by atoms with van der Waals surface area (Å²) in [7, 11) is 0. The molecular formula is C23H28IN7. The van der Waals surface area contributed by atoms with Gasteiger partial charge >= 0.3 is 0 Å². The molecule has 0 spiro atoms. The molecular weight excluding hydrogens is 501 g/mol. The standard InChI is InChI=1S/C23H27N7.HI/c1-3-24-23(25-11-10-19-14-26-21-16(2)6-4-9-20(19)21)27-13-17-7-5-8-18(12-17)22-28-15-29-30-22;/h4-9,12,14-15,26H,3,10-11,13H2,1-2H3,(H2,24,25,27)(H,28,29,30);1H. The molecule has 2 aromatic carbocycles. The number of hydrogen-bond acceptors (Lipinski definition) is 3. The van der Waals surface area contributed by atoms with E-state index in [-0.39, 0.29) is 24.0 Å². The van der Waals surface area contributed by atoms with Gasteiger partial charge in [0.2, 0.25) is 0 Å². The van der Waals surface area contributed by atoms with Crippen LogP contribution in [0.5, 0.6) is 0 Å². The lowest BCUT2D eigenvalue weighted by Crippen LogP contribution is -2.38. The molecule has 4 rings (SSSR count). The van der Waals surface area contributed by atoms with Crippen LogP contribution in [0, 0.1) is 6.92 Å². The summed E-state index contributed by atoms with van der Waals surface area (Å²) in [6.07, 6.45) is 4.55. The number of halogens is 1. The van der Waals surface area contributed by atoms with Gasteiger partial charge in [0.05, 0.1) is 6.54 Å². The maximum absolute atomic E-state index is 4.74. The zero-order valence-corrected chi connectivity index (χ0v) is 20.1. The quantitative estimate of drug-likeness (QED) is 0.164. The number of fused-ring (bicyclic) bond motifs is 1. The van der Waals surface area contributed by atoms with E-state index in [1.54, 1.807) is 0 Å². The van der Waals surface area contributed by atoms with Gasteiger partial charge in [-0.1, -0.05) is 36.4 Å². The molecule has 0 saturated carbocycles. The largest absolute Gasteiger partial charge is 0.361 e. The lowest BCUT2D eigenvalue weighted by molar-refractivity contribution is 0.801. The van der Waals surface area contributed by atoms with Gasteiger partial charge in [-0.05, 0) is 43.0 Å². The highest BCUT2D eigenvalue weighted by Crippen LogP contribution is 2.21. The van der Waals surface area contributed by atoms with Gasteiger partial charge < -0.3 is 15.6 Å². The fraction of sp³-hybridized carbons (Fsp3) is 0.261. The van der Waals surface area contributed by atoms with Crippen molar-refractivity contribution in [3.8, 4) is 11.4 Å². The molecule has 0 aliphatic carbocycles. The highest BCUT2D eigenvalue weighted by Gasteiger charge is 2.06. The van der Waals surface area contributed by atoms with Crippen molar-refractivity contribution in [1.82, 2.24) is 30.8 Å². The van der Waals surface area contributed by atoms with E-state index in [2.05, 4.69) is 81.2 Å². The van der Waals surface area contributed by atoms with Crippen LogP contribution >= 0.6 is 24.0 Å². The van der Waals surface area contributed by atoms with Crippen LogP contribution in [0.3, 0.4) is 0 Å². The molecule has 4 N–H and O–H groups in total. The van der Waals surface area contributed by atoms with Crippen molar-refractivity contribution in [2.75, 3.05) is 13.1 Å². The Morgan fingerprint density at radius 1 is 1.13 bits per heavy atom. The summed E-state index contributed by atoms with van der Waals surface area (Å²) in [4.78, 5) is 12.4. The van der Waals surface area contributed by atoms with Crippen LogP contribution in [0.25, 0.3) is 22.3 Å². The number of benzene rings is 2. The number of para-hydroxylation sites is 1. The first-order valence-corrected chi connectivity index (χ1v) is 10.3. The molecule has 0 fully saturated rings. The molecule has 2 heterocycles. The van der Waals surface area contributed by atoms with Crippen LogP contribution < -0.4 is 10.6 Å². The van der Waals surface area contributed by atoms with Crippen LogP contribution in [-0.2, 0) is 13.0 Å². The fourth-order valence-corrected chi connectivity index (χ4v) is 3.56. The molecule has 0 radical (unpaired) electrons. The van der Waals surface area contributed by atoms with Crippen molar-refractivity contribution in [3.05, 3.63) is 71.7 Å². The number of nitrogens with one attached hydrogen (secondary N) is 4. The minimum absolute atomic E-state index is 0.